The number of anilines is 2. The first kappa shape index (κ1) is 24.4. The molecule has 3 aromatic heterocycles. The predicted molar refractivity (Wildman–Crippen MR) is 152 cm³/mol. The Hall–Kier alpha value is -2.95. The molecule has 0 atom stereocenters. The minimum atomic E-state index is 0.454. The van der Waals surface area contributed by atoms with Crippen LogP contribution in [0, 0.1) is 0 Å². The summed E-state index contributed by atoms with van der Waals surface area (Å²) in [5, 5.41) is 3.77. The van der Waals surface area contributed by atoms with E-state index in [1.54, 1.807) is 6.33 Å². The molecule has 4 aromatic rings. The second-order valence-electron chi connectivity index (χ2n) is 10.0. The quantitative estimate of drug-likeness (QED) is 0.308. The molecule has 2 aliphatic heterocycles. The number of nitrogens with zero attached hydrogens (tertiary/aromatic N) is 6. The van der Waals surface area contributed by atoms with E-state index in [1.165, 1.54) is 11.4 Å². The summed E-state index contributed by atoms with van der Waals surface area (Å²) in [4.78, 5) is 27.7. The van der Waals surface area contributed by atoms with E-state index in [1.807, 2.05) is 12.4 Å². The second-order valence-corrected chi connectivity index (χ2v) is 10.9. The molecule has 10 heteroatoms. The average Bonchev–Trinajstić information content (AvgIpc) is 3.62. The van der Waals surface area contributed by atoms with Crippen molar-refractivity contribution >= 4 is 38.5 Å². The van der Waals surface area contributed by atoms with Crippen molar-refractivity contribution in [2.45, 2.75) is 32.4 Å². The van der Waals surface area contributed by atoms with Crippen molar-refractivity contribution in [1.82, 2.24) is 34.7 Å². The molecule has 0 unspecified atom stereocenters. The first-order valence-electron chi connectivity index (χ1n) is 13.2. The number of hydrogen-bond donors (Lipinski definition) is 3. The molecule has 0 spiro atoms. The highest BCUT2D eigenvalue weighted by atomic mass is 79.9. The lowest BCUT2D eigenvalue weighted by molar-refractivity contribution is 0.229. The minimum Gasteiger partial charge on any atom is -0.379 e. The third-order valence-electron chi connectivity index (χ3n) is 7.68. The Labute approximate surface area is 225 Å². The van der Waals surface area contributed by atoms with Crippen molar-refractivity contribution in [2.75, 3.05) is 56.0 Å². The fourth-order valence-corrected chi connectivity index (χ4v) is 5.83. The van der Waals surface area contributed by atoms with E-state index in [4.69, 9.17) is 4.98 Å². The number of likely N-dealkylation sites (tertiary alicyclic amines) is 1. The lowest BCUT2D eigenvalue weighted by Gasteiger charge is -2.35. The van der Waals surface area contributed by atoms with Crippen LogP contribution in [0.3, 0.4) is 0 Å². The molecule has 5 heterocycles. The minimum absolute atomic E-state index is 0.454. The molecule has 2 fully saturated rings. The molecule has 0 aliphatic carbocycles. The number of aromatic amines is 2. The summed E-state index contributed by atoms with van der Waals surface area (Å²) < 4.78 is 0.968. The van der Waals surface area contributed by atoms with Gasteiger partial charge < -0.3 is 25.1 Å². The van der Waals surface area contributed by atoms with Gasteiger partial charge in [0.25, 0.3) is 0 Å². The van der Waals surface area contributed by atoms with E-state index in [-0.39, 0.29) is 0 Å². The first-order valence-corrected chi connectivity index (χ1v) is 14.0. The summed E-state index contributed by atoms with van der Waals surface area (Å²) in [5.41, 5.74) is 6.25. The largest absolute Gasteiger partial charge is 0.379 e. The molecule has 6 rings (SSSR count). The van der Waals surface area contributed by atoms with Crippen molar-refractivity contribution in [3.8, 4) is 11.4 Å². The fourth-order valence-electron chi connectivity index (χ4n) is 5.42. The summed E-state index contributed by atoms with van der Waals surface area (Å²) in [6, 6.07) is 9.18. The van der Waals surface area contributed by atoms with Crippen molar-refractivity contribution in [2.24, 2.45) is 0 Å². The molecule has 2 aliphatic rings. The first-order chi connectivity index (χ1) is 18.2. The molecule has 0 saturated carbocycles. The number of piperidine rings is 1. The van der Waals surface area contributed by atoms with Gasteiger partial charge in [-0.3, -0.25) is 4.90 Å². The number of hydrogen-bond acceptors (Lipinski definition) is 7. The van der Waals surface area contributed by atoms with Gasteiger partial charge in [0.1, 0.15) is 11.3 Å². The SMILES string of the molecule is CCN1CCC(Nc2c(Br)cnc3nc(-c4ccc(N5CCN(Cc6cnc[nH]6)CC5)cc4)[nH]c23)CC1. The number of H-pyrrole nitrogens is 2. The van der Waals surface area contributed by atoms with Gasteiger partial charge in [-0.25, -0.2) is 15.0 Å². The van der Waals surface area contributed by atoms with E-state index in [0.717, 1.165) is 97.9 Å². The lowest BCUT2D eigenvalue weighted by Crippen LogP contribution is -2.46. The standard InChI is InChI=1S/C27H34BrN9/c1-2-35-9-7-20(8-10-35)32-24-23(28)16-30-27-25(24)33-26(34-27)19-3-5-22(6-4-19)37-13-11-36(12-14-37)17-21-15-29-18-31-21/h3-6,15-16,18,20H,2,7-14,17H2,1H3,(H,29,31)(H2,30,32,33,34). The van der Waals surface area contributed by atoms with Crippen molar-refractivity contribution in [3.05, 3.63) is 53.2 Å². The van der Waals surface area contributed by atoms with Gasteiger partial charge in [0.15, 0.2) is 5.65 Å². The molecule has 1 aromatic carbocycles. The van der Waals surface area contributed by atoms with Crippen LogP contribution in [0.25, 0.3) is 22.6 Å². The van der Waals surface area contributed by atoms with Gasteiger partial charge in [0.2, 0.25) is 0 Å². The Kier molecular flexibility index (Phi) is 7.12. The smallest absolute Gasteiger partial charge is 0.180 e. The highest BCUT2D eigenvalue weighted by Crippen LogP contribution is 2.33. The highest BCUT2D eigenvalue weighted by molar-refractivity contribution is 9.10. The van der Waals surface area contributed by atoms with Crippen LogP contribution in [-0.4, -0.2) is 86.6 Å². The molecule has 0 amide bonds. The molecule has 2 saturated heterocycles. The molecule has 37 heavy (non-hydrogen) atoms. The molecular formula is C27H34BrN9. The van der Waals surface area contributed by atoms with Crippen molar-refractivity contribution in [1.29, 1.82) is 0 Å². The number of aromatic nitrogens is 5. The number of halogens is 1. The molecule has 0 radical (unpaired) electrons. The van der Waals surface area contributed by atoms with E-state index in [9.17, 15) is 0 Å². The normalized spacial score (nSPS) is 18.1. The van der Waals surface area contributed by atoms with E-state index in [2.05, 4.69) is 87.1 Å². The average molecular weight is 565 g/mol. The van der Waals surface area contributed by atoms with Crippen LogP contribution in [-0.2, 0) is 6.54 Å². The van der Waals surface area contributed by atoms with Gasteiger partial charge in [-0.15, -0.1) is 0 Å². The number of piperazine rings is 1. The van der Waals surface area contributed by atoms with E-state index >= 15 is 0 Å². The van der Waals surface area contributed by atoms with Gasteiger partial charge in [0.05, 0.1) is 16.5 Å². The zero-order valence-electron chi connectivity index (χ0n) is 21.3. The Balaban J connectivity index is 1.13. The highest BCUT2D eigenvalue weighted by Gasteiger charge is 2.22. The third kappa shape index (κ3) is 5.37. The number of fused-ring (bicyclic) bond motifs is 1. The van der Waals surface area contributed by atoms with E-state index < -0.39 is 0 Å². The Morgan fingerprint density at radius 3 is 2.49 bits per heavy atom. The van der Waals surface area contributed by atoms with Gasteiger partial charge in [-0.2, -0.15) is 0 Å². The van der Waals surface area contributed by atoms with Gasteiger partial charge in [-0.1, -0.05) is 6.92 Å². The zero-order chi connectivity index (χ0) is 25.2. The fraction of sp³-hybridized carbons (Fsp3) is 0.444. The number of rotatable bonds is 7. The maximum Gasteiger partial charge on any atom is 0.180 e. The summed E-state index contributed by atoms with van der Waals surface area (Å²) in [5.74, 6) is 0.848. The van der Waals surface area contributed by atoms with E-state index in [0.29, 0.717) is 6.04 Å². The summed E-state index contributed by atoms with van der Waals surface area (Å²) >= 11 is 3.71. The number of imidazole rings is 2. The molecule has 0 bridgehead atoms. The Morgan fingerprint density at radius 2 is 1.78 bits per heavy atom. The van der Waals surface area contributed by atoms with Crippen LogP contribution in [0.1, 0.15) is 25.5 Å². The number of benzene rings is 1. The van der Waals surface area contributed by atoms with Crippen molar-refractivity contribution in [3.63, 3.8) is 0 Å². The summed E-state index contributed by atoms with van der Waals surface area (Å²) in [6.45, 7) is 10.7. The van der Waals surface area contributed by atoms with Gasteiger partial charge in [-0.05, 0) is 59.6 Å². The maximum absolute atomic E-state index is 4.83. The van der Waals surface area contributed by atoms with Gasteiger partial charge in [0, 0.05) is 81.2 Å². The Morgan fingerprint density at radius 1 is 1.00 bits per heavy atom. The monoisotopic (exact) mass is 563 g/mol. The number of nitrogens with one attached hydrogen (secondary N) is 3. The molecule has 3 N–H and O–H groups in total. The molecular weight excluding hydrogens is 530 g/mol. The zero-order valence-corrected chi connectivity index (χ0v) is 22.8. The maximum atomic E-state index is 4.83. The van der Waals surface area contributed by atoms with Crippen molar-refractivity contribution < 1.29 is 0 Å². The molecule has 9 nitrogen and oxygen atoms in total. The number of pyridine rings is 1. The Bertz CT molecular complexity index is 1300. The molecule has 194 valence electrons. The second kappa shape index (κ2) is 10.8. The van der Waals surface area contributed by atoms with Crippen LogP contribution in [0.4, 0.5) is 11.4 Å². The van der Waals surface area contributed by atoms with Crippen LogP contribution >= 0.6 is 15.9 Å². The summed E-state index contributed by atoms with van der Waals surface area (Å²) in [7, 11) is 0. The van der Waals surface area contributed by atoms with Gasteiger partial charge >= 0.3 is 0 Å². The predicted octanol–water partition coefficient (Wildman–Crippen LogP) is 4.33. The van der Waals surface area contributed by atoms with Crippen LogP contribution < -0.4 is 10.2 Å². The van der Waals surface area contributed by atoms with Crippen LogP contribution in [0.2, 0.25) is 0 Å². The summed E-state index contributed by atoms with van der Waals surface area (Å²) in [6.07, 6.45) is 7.80. The lowest BCUT2D eigenvalue weighted by atomic mass is 10.0. The van der Waals surface area contributed by atoms with Crippen LogP contribution in [0.5, 0.6) is 0 Å². The van der Waals surface area contributed by atoms with Crippen LogP contribution in [0.15, 0.2) is 47.5 Å². The topological polar surface area (TPSA) is 92.0 Å². The third-order valence-corrected chi connectivity index (χ3v) is 8.29.